The molecule has 1 aliphatic rings. The molecular weight excluding hydrogens is 250 g/mol. The molecule has 0 atom stereocenters. The van der Waals surface area contributed by atoms with Gasteiger partial charge in [0, 0.05) is 49.4 Å². The highest BCUT2D eigenvalue weighted by Crippen LogP contribution is 2.18. The van der Waals surface area contributed by atoms with Crippen molar-refractivity contribution in [3.63, 3.8) is 0 Å². The lowest BCUT2D eigenvalue weighted by molar-refractivity contribution is 0.603. The van der Waals surface area contributed by atoms with Crippen molar-refractivity contribution in [2.75, 3.05) is 6.54 Å². The first-order valence-electron chi connectivity index (χ1n) is 7.39. The van der Waals surface area contributed by atoms with Crippen LogP contribution in [0.2, 0.25) is 0 Å². The van der Waals surface area contributed by atoms with Crippen LogP contribution in [-0.4, -0.2) is 26.3 Å². The maximum absolute atomic E-state index is 4.61. The lowest BCUT2D eigenvalue weighted by Crippen LogP contribution is -2.26. The molecule has 0 aliphatic carbocycles. The minimum atomic E-state index is 0.841. The van der Waals surface area contributed by atoms with Gasteiger partial charge in [0.05, 0.1) is 11.4 Å². The van der Waals surface area contributed by atoms with Crippen molar-refractivity contribution >= 4 is 0 Å². The Hall–Kier alpha value is -1.75. The van der Waals surface area contributed by atoms with E-state index in [1.807, 2.05) is 0 Å². The smallest absolute Gasteiger partial charge is 0.115 e. The Kier molecular flexibility index (Phi) is 3.78. The standard InChI is InChI=1S/C15H21N5/c1-3-11-7-12(20(4-2)19-11)8-15-13-9-16-6-5-14(13)17-10-18-15/h7,10,16H,3-6,8-9H2,1-2H3. The first kappa shape index (κ1) is 13.2. The van der Waals surface area contributed by atoms with E-state index < -0.39 is 0 Å². The molecule has 0 saturated carbocycles. The summed E-state index contributed by atoms with van der Waals surface area (Å²) in [6.45, 7) is 7.07. The van der Waals surface area contributed by atoms with Gasteiger partial charge in [-0.25, -0.2) is 9.97 Å². The molecule has 1 aliphatic heterocycles. The largest absolute Gasteiger partial charge is 0.312 e. The summed E-state index contributed by atoms with van der Waals surface area (Å²) < 4.78 is 2.09. The van der Waals surface area contributed by atoms with Crippen molar-refractivity contribution in [1.82, 2.24) is 25.1 Å². The predicted molar refractivity (Wildman–Crippen MR) is 77.5 cm³/mol. The molecule has 0 saturated heterocycles. The van der Waals surface area contributed by atoms with Crippen molar-refractivity contribution < 1.29 is 0 Å². The van der Waals surface area contributed by atoms with Crippen molar-refractivity contribution in [2.24, 2.45) is 0 Å². The number of nitrogens with zero attached hydrogens (tertiary/aromatic N) is 4. The Morgan fingerprint density at radius 3 is 3.00 bits per heavy atom. The third-order valence-electron chi connectivity index (χ3n) is 3.89. The van der Waals surface area contributed by atoms with Gasteiger partial charge < -0.3 is 5.32 Å². The quantitative estimate of drug-likeness (QED) is 0.915. The molecule has 0 bridgehead atoms. The molecule has 5 nitrogen and oxygen atoms in total. The van der Waals surface area contributed by atoms with Crippen molar-refractivity contribution in [2.45, 2.75) is 46.2 Å². The Labute approximate surface area is 119 Å². The summed E-state index contributed by atoms with van der Waals surface area (Å²) in [4.78, 5) is 8.92. The van der Waals surface area contributed by atoms with E-state index in [-0.39, 0.29) is 0 Å². The molecule has 0 spiro atoms. The molecule has 2 aromatic rings. The molecule has 3 rings (SSSR count). The van der Waals surface area contributed by atoms with Gasteiger partial charge in [-0.05, 0) is 19.4 Å². The van der Waals surface area contributed by atoms with E-state index >= 15 is 0 Å². The van der Waals surface area contributed by atoms with Gasteiger partial charge in [-0.2, -0.15) is 5.10 Å². The van der Waals surface area contributed by atoms with Crippen LogP contribution in [0.4, 0.5) is 0 Å². The third-order valence-corrected chi connectivity index (χ3v) is 3.89. The van der Waals surface area contributed by atoms with E-state index in [9.17, 15) is 0 Å². The summed E-state index contributed by atoms with van der Waals surface area (Å²) in [6.07, 6.45) is 4.52. The Morgan fingerprint density at radius 2 is 2.20 bits per heavy atom. The van der Waals surface area contributed by atoms with Crippen LogP contribution in [0.3, 0.4) is 0 Å². The van der Waals surface area contributed by atoms with E-state index in [2.05, 4.69) is 45.0 Å². The van der Waals surface area contributed by atoms with Crippen LogP contribution in [0.25, 0.3) is 0 Å². The van der Waals surface area contributed by atoms with Gasteiger partial charge in [0.25, 0.3) is 0 Å². The highest BCUT2D eigenvalue weighted by Gasteiger charge is 2.16. The van der Waals surface area contributed by atoms with Crippen LogP contribution in [0.15, 0.2) is 12.4 Å². The van der Waals surface area contributed by atoms with Gasteiger partial charge in [0.2, 0.25) is 0 Å². The minimum absolute atomic E-state index is 0.841. The minimum Gasteiger partial charge on any atom is -0.312 e. The predicted octanol–water partition coefficient (Wildman–Crippen LogP) is 1.49. The fraction of sp³-hybridized carbons (Fsp3) is 0.533. The lowest BCUT2D eigenvalue weighted by atomic mass is 10.0. The van der Waals surface area contributed by atoms with Crippen LogP contribution in [0, 0.1) is 0 Å². The summed E-state index contributed by atoms with van der Waals surface area (Å²) in [5.41, 5.74) is 6.02. The summed E-state index contributed by atoms with van der Waals surface area (Å²) >= 11 is 0. The Bertz CT molecular complexity index is 602. The summed E-state index contributed by atoms with van der Waals surface area (Å²) in [7, 11) is 0. The number of rotatable bonds is 4. The lowest BCUT2D eigenvalue weighted by Gasteiger charge is -2.18. The maximum atomic E-state index is 4.61. The SMILES string of the molecule is CCc1cc(Cc2ncnc3c2CNCC3)n(CC)n1. The zero-order valence-corrected chi connectivity index (χ0v) is 12.2. The molecule has 106 valence electrons. The normalized spacial score (nSPS) is 14.3. The molecule has 0 unspecified atom stereocenters. The first-order valence-corrected chi connectivity index (χ1v) is 7.39. The zero-order chi connectivity index (χ0) is 13.9. The van der Waals surface area contributed by atoms with Gasteiger partial charge in [-0.15, -0.1) is 0 Å². The monoisotopic (exact) mass is 271 g/mol. The van der Waals surface area contributed by atoms with E-state index in [1.54, 1.807) is 6.33 Å². The van der Waals surface area contributed by atoms with Crippen molar-refractivity contribution in [3.05, 3.63) is 40.7 Å². The van der Waals surface area contributed by atoms with E-state index in [0.29, 0.717) is 0 Å². The van der Waals surface area contributed by atoms with Gasteiger partial charge in [-0.3, -0.25) is 4.68 Å². The number of hydrogen-bond donors (Lipinski definition) is 1. The summed E-state index contributed by atoms with van der Waals surface area (Å²) in [5.74, 6) is 0. The fourth-order valence-corrected chi connectivity index (χ4v) is 2.76. The average Bonchev–Trinajstić information content (AvgIpc) is 2.90. The fourth-order valence-electron chi connectivity index (χ4n) is 2.76. The molecule has 1 N–H and O–H groups in total. The second-order valence-corrected chi connectivity index (χ2v) is 5.15. The molecule has 0 amide bonds. The number of aromatic nitrogens is 4. The van der Waals surface area contributed by atoms with Gasteiger partial charge in [0.15, 0.2) is 0 Å². The number of nitrogens with one attached hydrogen (secondary N) is 1. The van der Waals surface area contributed by atoms with Gasteiger partial charge in [-0.1, -0.05) is 6.92 Å². The second-order valence-electron chi connectivity index (χ2n) is 5.15. The number of hydrogen-bond acceptors (Lipinski definition) is 4. The van der Waals surface area contributed by atoms with Crippen LogP contribution in [0.1, 0.15) is 42.2 Å². The molecule has 0 radical (unpaired) electrons. The topological polar surface area (TPSA) is 55.6 Å². The molecule has 2 aromatic heterocycles. The van der Waals surface area contributed by atoms with Crippen molar-refractivity contribution in [3.8, 4) is 0 Å². The average molecular weight is 271 g/mol. The van der Waals surface area contributed by atoms with E-state index in [4.69, 9.17) is 0 Å². The van der Waals surface area contributed by atoms with Crippen LogP contribution in [-0.2, 0) is 32.4 Å². The van der Waals surface area contributed by atoms with Gasteiger partial charge >= 0.3 is 0 Å². The Balaban J connectivity index is 1.93. The molecule has 0 fully saturated rings. The van der Waals surface area contributed by atoms with Crippen LogP contribution < -0.4 is 5.32 Å². The van der Waals surface area contributed by atoms with Crippen molar-refractivity contribution in [1.29, 1.82) is 0 Å². The maximum Gasteiger partial charge on any atom is 0.115 e. The van der Waals surface area contributed by atoms with Gasteiger partial charge in [0.1, 0.15) is 6.33 Å². The molecular formula is C15H21N5. The third kappa shape index (κ3) is 2.45. The second kappa shape index (κ2) is 5.71. The van der Waals surface area contributed by atoms with E-state index in [1.165, 1.54) is 17.0 Å². The molecule has 20 heavy (non-hydrogen) atoms. The first-order chi connectivity index (χ1) is 9.81. The molecule has 3 heterocycles. The number of fused-ring (bicyclic) bond motifs is 1. The zero-order valence-electron chi connectivity index (χ0n) is 12.2. The summed E-state index contributed by atoms with van der Waals surface area (Å²) in [5, 5.41) is 8.02. The highest BCUT2D eigenvalue weighted by atomic mass is 15.3. The summed E-state index contributed by atoms with van der Waals surface area (Å²) in [6, 6.07) is 2.20. The molecule has 5 heteroatoms. The molecule has 0 aromatic carbocycles. The Morgan fingerprint density at radius 1 is 1.30 bits per heavy atom. The highest BCUT2D eigenvalue weighted by molar-refractivity contribution is 5.30. The number of aryl methyl sites for hydroxylation is 2. The van der Waals surface area contributed by atoms with Crippen LogP contribution in [0.5, 0.6) is 0 Å². The van der Waals surface area contributed by atoms with Crippen LogP contribution >= 0.6 is 0 Å². The van der Waals surface area contributed by atoms with E-state index in [0.717, 1.165) is 50.3 Å².